The molecule has 3 nitrogen and oxygen atoms in total. The number of hydrogen-bond acceptors (Lipinski definition) is 1. The third-order valence-electron chi connectivity index (χ3n) is 4.86. The topological polar surface area (TPSA) is 27.6 Å². The fourth-order valence-electron chi connectivity index (χ4n) is 3.41. The van der Waals surface area contributed by atoms with Crippen LogP contribution in [0.5, 0.6) is 0 Å². The summed E-state index contributed by atoms with van der Waals surface area (Å²) in [4.78, 5) is 6.93. The molecule has 19 heavy (non-hydrogen) atoms. The summed E-state index contributed by atoms with van der Waals surface area (Å²) < 4.78 is 0. The first kappa shape index (κ1) is 14.7. The van der Waals surface area contributed by atoms with Crippen molar-refractivity contribution in [1.82, 2.24) is 10.2 Å². The zero-order valence-corrected chi connectivity index (χ0v) is 13.0. The number of likely N-dealkylation sites (tertiary alicyclic amines) is 1. The highest BCUT2D eigenvalue weighted by atomic mass is 15.3. The van der Waals surface area contributed by atoms with Gasteiger partial charge in [0.25, 0.3) is 0 Å². The Labute approximate surface area is 118 Å². The average Bonchev–Trinajstić information content (AvgIpc) is 2.78. The molecule has 1 N–H and O–H groups in total. The molecule has 1 saturated carbocycles. The molecule has 1 heterocycles. The number of hydrogen-bond donors (Lipinski definition) is 1. The van der Waals surface area contributed by atoms with E-state index in [1.165, 1.54) is 58.0 Å². The molecule has 0 amide bonds. The number of nitrogens with one attached hydrogen (secondary N) is 1. The van der Waals surface area contributed by atoms with Gasteiger partial charge in [0.05, 0.1) is 0 Å². The molecule has 2 fully saturated rings. The lowest BCUT2D eigenvalue weighted by atomic mass is 9.68. The van der Waals surface area contributed by atoms with Crippen LogP contribution in [-0.4, -0.2) is 37.5 Å². The van der Waals surface area contributed by atoms with Crippen LogP contribution in [0, 0.1) is 11.3 Å². The highest BCUT2D eigenvalue weighted by molar-refractivity contribution is 5.80. The van der Waals surface area contributed by atoms with Gasteiger partial charge in [-0.25, -0.2) is 0 Å². The van der Waals surface area contributed by atoms with E-state index < -0.39 is 0 Å². The van der Waals surface area contributed by atoms with Crippen LogP contribution in [0.15, 0.2) is 4.99 Å². The van der Waals surface area contributed by atoms with Crippen molar-refractivity contribution in [3.63, 3.8) is 0 Å². The molecule has 0 radical (unpaired) electrons. The summed E-state index contributed by atoms with van der Waals surface area (Å²) in [6.07, 6.45) is 9.62. The van der Waals surface area contributed by atoms with Crippen molar-refractivity contribution in [2.24, 2.45) is 16.3 Å². The minimum Gasteiger partial charge on any atom is -0.356 e. The zero-order valence-electron chi connectivity index (χ0n) is 13.0. The van der Waals surface area contributed by atoms with Crippen molar-refractivity contribution in [3.8, 4) is 0 Å². The maximum Gasteiger partial charge on any atom is 0.193 e. The first-order valence-electron chi connectivity index (χ1n) is 8.11. The highest BCUT2D eigenvalue weighted by Crippen LogP contribution is 2.47. The minimum absolute atomic E-state index is 0.662. The van der Waals surface area contributed by atoms with Crippen LogP contribution < -0.4 is 5.32 Å². The molecule has 1 spiro atoms. The van der Waals surface area contributed by atoms with Gasteiger partial charge in [-0.15, -0.1) is 0 Å². The van der Waals surface area contributed by atoms with Gasteiger partial charge in [0.15, 0.2) is 5.96 Å². The van der Waals surface area contributed by atoms with Crippen molar-refractivity contribution in [3.05, 3.63) is 0 Å². The monoisotopic (exact) mass is 265 g/mol. The Bertz CT molecular complexity index is 305. The normalized spacial score (nSPS) is 22.1. The van der Waals surface area contributed by atoms with Gasteiger partial charge >= 0.3 is 0 Å². The summed E-state index contributed by atoms with van der Waals surface area (Å²) in [5.74, 6) is 1.96. The fourth-order valence-corrected chi connectivity index (χ4v) is 3.41. The quantitative estimate of drug-likeness (QED) is 0.469. The van der Waals surface area contributed by atoms with Gasteiger partial charge in [0.1, 0.15) is 0 Å². The largest absolute Gasteiger partial charge is 0.356 e. The Kier molecular flexibility index (Phi) is 5.12. The van der Waals surface area contributed by atoms with Gasteiger partial charge in [0.2, 0.25) is 0 Å². The smallest absolute Gasteiger partial charge is 0.193 e. The van der Waals surface area contributed by atoms with Gasteiger partial charge in [-0.2, -0.15) is 0 Å². The van der Waals surface area contributed by atoms with E-state index in [-0.39, 0.29) is 0 Å². The molecule has 0 aromatic carbocycles. The average molecular weight is 265 g/mol. The standard InChI is InChI=1S/C16H31N3/c1-14(2)7-4-5-11-18-15(17-3)19-12-10-16(13-19)8-6-9-16/h14H,4-13H2,1-3H3,(H,17,18). The van der Waals surface area contributed by atoms with E-state index in [4.69, 9.17) is 0 Å². The van der Waals surface area contributed by atoms with Crippen LogP contribution in [0.25, 0.3) is 0 Å². The number of unbranched alkanes of at least 4 members (excludes halogenated alkanes) is 1. The van der Waals surface area contributed by atoms with E-state index in [2.05, 4.69) is 29.1 Å². The molecule has 3 heteroatoms. The van der Waals surface area contributed by atoms with E-state index in [0.29, 0.717) is 5.41 Å². The van der Waals surface area contributed by atoms with Gasteiger partial charge < -0.3 is 10.2 Å². The summed E-state index contributed by atoms with van der Waals surface area (Å²) in [7, 11) is 1.92. The number of guanidine groups is 1. The molecular formula is C16H31N3. The first-order chi connectivity index (χ1) is 9.15. The Morgan fingerprint density at radius 2 is 2.05 bits per heavy atom. The molecule has 0 aromatic rings. The van der Waals surface area contributed by atoms with Gasteiger partial charge in [-0.1, -0.05) is 33.1 Å². The van der Waals surface area contributed by atoms with Gasteiger partial charge in [-0.3, -0.25) is 4.99 Å². The molecule has 1 aliphatic heterocycles. The molecule has 0 atom stereocenters. The second kappa shape index (κ2) is 6.62. The molecule has 2 aliphatic rings. The zero-order chi connectivity index (χ0) is 13.7. The Balaban J connectivity index is 1.66. The first-order valence-corrected chi connectivity index (χ1v) is 8.11. The lowest BCUT2D eigenvalue weighted by Gasteiger charge is -2.38. The predicted molar refractivity (Wildman–Crippen MR) is 82.5 cm³/mol. The van der Waals surface area contributed by atoms with Crippen molar-refractivity contribution >= 4 is 5.96 Å². The van der Waals surface area contributed by atoms with Crippen LogP contribution in [0.3, 0.4) is 0 Å². The van der Waals surface area contributed by atoms with E-state index in [9.17, 15) is 0 Å². The van der Waals surface area contributed by atoms with E-state index >= 15 is 0 Å². The second-order valence-electron chi connectivity index (χ2n) is 6.89. The molecule has 110 valence electrons. The van der Waals surface area contributed by atoms with E-state index in [1.807, 2.05) is 7.05 Å². The lowest BCUT2D eigenvalue weighted by molar-refractivity contribution is 0.151. The predicted octanol–water partition coefficient (Wildman–Crippen LogP) is 3.26. The van der Waals surface area contributed by atoms with Crippen molar-refractivity contribution in [2.75, 3.05) is 26.7 Å². The van der Waals surface area contributed by atoms with E-state index in [1.54, 1.807) is 0 Å². The Morgan fingerprint density at radius 3 is 2.58 bits per heavy atom. The number of nitrogens with zero attached hydrogens (tertiary/aromatic N) is 2. The van der Waals surface area contributed by atoms with Crippen molar-refractivity contribution in [1.29, 1.82) is 0 Å². The van der Waals surface area contributed by atoms with Crippen LogP contribution in [-0.2, 0) is 0 Å². The third kappa shape index (κ3) is 3.87. The molecule has 0 aromatic heterocycles. The molecule has 0 unspecified atom stereocenters. The molecule has 2 rings (SSSR count). The van der Waals surface area contributed by atoms with Crippen LogP contribution in [0.2, 0.25) is 0 Å². The SMILES string of the molecule is CN=C(NCCCCC(C)C)N1CCC2(CCC2)C1. The Hall–Kier alpha value is -0.730. The second-order valence-corrected chi connectivity index (χ2v) is 6.89. The maximum absolute atomic E-state index is 4.46. The van der Waals surface area contributed by atoms with Crippen molar-refractivity contribution < 1.29 is 0 Å². The van der Waals surface area contributed by atoms with Gasteiger partial charge in [-0.05, 0) is 37.0 Å². The molecular weight excluding hydrogens is 234 g/mol. The summed E-state index contributed by atoms with van der Waals surface area (Å²) >= 11 is 0. The lowest BCUT2D eigenvalue weighted by Crippen LogP contribution is -2.42. The fraction of sp³-hybridized carbons (Fsp3) is 0.938. The van der Waals surface area contributed by atoms with E-state index in [0.717, 1.165) is 18.4 Å². The van der Waals surface area contributed by atoms with Crippen LogP contribution in [0.4, 0.5) is 0 Å². The van der Waals surface area contributed by atoms with Crippen molar-refractivity contribution in [2.45, 2.75) is 58.8 Å². The summed E-state index contributed by atoms with van der Waals surface area (Å²) in [5.41, 5.74) is 0.662. The van der Waals surface area contributed by atoms with Crippen LogP contribution >= 0.6 is 0 Å². The molecule has 0 bridgehead atoms. The third-order valence-corrected chi connectivity index (χ3v) is 4.86. The summed E-state index contributed by atoms with van der Waals surface area (Å²) in [6, 6.07) is 0. The summed E-state index contributed by atoms with van der Waals surface area (Å²) in [5, 5.41) is 3.55. The minimum atomic E-state index is 0.662. The summed E-state index contributed by atoms with van der Waals surface area (Å²) in [6.45, 7) is 8.11. The van der Waals surface area contributed by atoms with Crippen LogP contribution in [0.1, 0.15) is 58.8 Å². The Morgan fingerprint density at radius 1 is 1.26 bits per heavy atom. The highest BCUT2D eigenvalue weighted by Gasteiger charge is 2.43. The molecule has 1 saturated heterocycles. The maximum atomic E-state index is 4.46. The van der Waals surface area contributed by atoms with Gasteiger partial charge in [0, 0.05) is 26.7 Å². The number of aliphatic imine (C=N–C) groups is 1. The number of rotatable bonds is 5. The molecule has 1 aliphatic carbocycles.